The monoisotopic (exact) mass is 280 g/mol. The number of halogens is 1. The maximum absolute atomic E-state index is 13.9. The van der Waals surface area contributed by atoms with Crippen LogP contribution in [0, 0.1) is 5.82 Å². The largest absolute Gasteiger partial charge is 0.383 e. The second-order valence-electron chi connectivity index (χ2n) is 5.80. The van der Waals surface area contributed by atoms with Crippen LogP contribution in [0.1, 0.15) is 30.9 Å². The van der Waals surface area contributed by atoms with E-state index in [1.54, 1.807) is 13.2 Å². The first-order valence-electron chi connectivity index (χ1n) is 7.30. The maximum atomic E-state index is 13.9. The molecule has 0 radical (unpaired) electrons. The number of nitrogens with one attached hydrogen (secondary N) is 1. The van der Waals surface area contributed by atoms with E-state index >= 15 is 0 Å². The van der Waals surface area contributed by atoms with E-state index in [1.807, 2.05) is 19.2 Å². The summed E-state index contributed by atoms with van der Waals surface area (Å²) >= 11 is 0. The minimum absolute atomic E-state index is 0.128. The van der Waals surface area contributed by atoms with Crippen LogP contribution >= 0.6 is 0 Å². The molecule has 1 unspecified atom stereocenters. The van der Waals surface area contributed by atoms with Gasteiger partial charge in [0.05, 0.1) is 6.61 Å². The molecule has 1 fully saturated rings. The molecule has 1 aliphatic rings. The lowest BCUT2D eigenvalue weighted by atomic mass is 10.1. The molecule has 112 valence electrons. The molecule has 0 heterocycles. The number of benzene rings is 1. The van der Waals surface area contributed by atoms with Gasteiger partial charge in [-0.1, -0.05) is 12.1 Å². The third-order valence-electron chi connectivity index (χ3n) is 3.86. The van der Waals surface area contributed by atoms with Crippen LogP contribution in [0.15, 0.2) is 18.2 Å². The highest BCUT2D eigenvalue weighted by Crippen LogP contribution is 2.20. The first-order chi connectivity index (χ1) is 9.60. The van der Waals surface area contributed by atoms with Crippen LogP contribution < -0.4 is 5.32 Å². The third kappa shape index (κ3) is 4.54. The number of ether oxygens (including phenoxy) is 1. The molecule has 0 amide bonds. The molecule has 2 rings (SSSR count). The van der Waals surface area contributed by atoms with Crippen LogP contribution in [0.2, 0.25) is 0 Å². The van der Waals surface area contributed by atoms with Crippen LogP contribution in [-0.4, -0.2) is 37.7 Å². The molecule has 3 nitrogen and oxygen atoms in total. The van der Waals surface area contributed by atoms with Gasteiger partial charge in [0.25, 0.3) is 0 Å². The zero-order valence-corrected chi connectivity index (χ0v) is 12.7. The molecule has 0 aromatic heterocycles. The predicted octanol–water partition coefficient (Wildman–Crippen LogP) is 2.54. The highest BCUT2D eigenvalue weighted by Gasteiger charge is 2.20. The van der Waals surface area contributed by atoms with Crippen LogP contribution in [0.25, 0.3) is 0 Å². The van der Waals surface area contributed by atoms with E-state index in [4.69, 9.17) is 4.74 Å². The lowest BCUT2D eigenvalue weighted by Crippen LogP contribution is -2.32. The van der Waals surface area contributed by atoms with Crippen molar-refractivity contribution in [3.05, 3.63) is 35.1 Å². The lowest BCUT2D eigenvalue weighted by Gasteiger charge is -2.24. The molecular weight excluding hydrogens is 255 g/mol. The van der Waals surface area contributed by atoms with Gasteiger partial charge in [-0.15, -0.1) is 0 Å². The van der Waals surface area contributed by atoms with Crippen molar-refractivity contribution in [3.63, 3.8) is 0 Å². The molecule has 1 aromatic rings. The van der Waals surface area contributed by atoms with Crippen LogP contribution in [0.4, 0.5) is 4.39 Å². The fraction of sp³-hybridized carbons (Fsp3) is 0.625. The molecular formula is C16H25FN2O. The minimum Gasteiger partial charge on any atom is -0.383 e. The van der Waals surface area contributed by atoms with Crippen molar-refractivity contribution < 1.29 is 9.13 Å². The van der Waals surface area contributed by atoms with E-state index in [0.29, 0.717) is 19.2 Å². The average molecular weight is 280 g/mol. The van der Waals surface area contributed by atoms with Crippen LogP contribution in [-0.2, 0) is 17.8 Å². The van der Waals surface area contributed by atoms with E-state index in [-0.39, 0.29) is 11.9 Å². The fourth-order valence-electron chi connectivity index (χ4n) is 2.20. The maximum Gasteiger partial charge on any atom is 0.127 e. The van der Waals surface area contributed by atoms with Gasteiger partial charge in [-0.25, -0.2) is 4.39 Å². The van der Waals surface area contributed by atoms with Gasteiger partial charge in [-0.3, -0.25) is 4.90 Å². The third-order valence-corrected chi connectivity index (χ3v) is 3.86. The molecule has 1 N–H and O–H groups in total. The Morgan fingerprint density at radius 3 is 2.85 bits per heavy atom. The Morgan fingerprint density at radius 1 is 1.45 bits per heavy atom. The summed E-state index contributed by atoms with van der Waals surface area (Å²) in [6.45, 7) is 4.17. The number of likely N-dealkylation sites (N-methyl/N-ethyl adjacent to an activating group) is 1. The van der Waals surface area contributed by atoms with Gasteiger partial charge in [0.1, 0.15) is 5.82 Å². The Morgan fingerprint density at radius 2 is 2.20 bits per heavy atom. The van der Waals surface area contributed by atoms with Gasteiger partial charge >= 0.3 is 0 Å². The highest BCUT2D eigenvalue weighted by atomic mass is 19.1. The van der Waals surface area contributed by atoms with Gasteiger partial charge < -0.3 is 10.1 Å². The summed E-state index contributed by atoms with van der Waals surface area (Å²) in [7, 11) is 3.69. The van der Waals surface area contributed by atoms with E-state index in [0.717, 1.165) is 17.7 Å². The van der Waals surface area contributed by atoms with Gasteiger partial charge in [0, 0.05) is 37.8 Å². The number of hydrogen-bond donors (Lipinski definition) is 1. The number of hydrogen-bond acceptors (Lipinski definition) is 3. The zero-order chi connectivity index (χ0) is 14.5. The SMILES string of the molecule is COCC(C)N(C)Cc1cc(CNC2CC2)ccc1F. The summed E-state index contributed by atoms with van der Waals surface area (Å²) in [4.78, 5) is 2.11. The zero-order valence-electron chi connectivity index (χ0n) is 12.7. The van der Waals surface area contributed by atoms with E-state index in [1.165, 1.54) is 12.8 Å². The minimum atomic E-state index is -0.128. The van der Waals surface area contributed by atoms with Gasteiger partial charge in [-0.05, 0) is 38.4 Å². The molecule has 1 aliphatic carbocycles. The van der Waals surface area contributed by atoms with E-state index in [9.17, 15) is 4.39 Å². The molecule has 0 aliphatic heterocycles. The predicted molar refractivity (Wildman–Crippen MR) is 79.1 cm³/mol. The fourth-order valence-corrected chi connectivity index (χ4v) is 2.20. The number of methoxy groups -OCH3 is 1. The number of nitrogens with zero attached hydrogens (tertiary/aromatic N) is 1. The van der Waals surface area contributed by atoms with Crippen molar-refractivity contribution in [1.29, 1.82) is 0 Å². The molecule has 1 saturated carbocycles. The summed E-state index contributed by atoms with van der Waals surface area (Å²) in [5.41, 5.74) is 1.91. The van der Waals surface area contributed by atoms with Gasteiger partial charge in [0.2, 0.25) is 0 Å². The van der Waals surface area contributed by atoms with E-state index < -0.39 is 0 Å². The molecule has 0 saturated heterocycles. The highest BCUT2D eigenvalue weighted by molar-refractivity contribution is 5.25. The second kappa shape index (κ2) is 7.16. The summed E-state index contributed by atoms with van der Waals surface area (Å²) in [6.07, 6.45) is 2.54. The van der Waals surface area contributed by atoms with Crippen molar-refractivity contribution in [2.24, 2.45) is 0 Å². The van der Waals surface area contributed by atoms with Crippen molar-refractivity contribution >= 4 is 0 Å². The summed E-state index contributed by atoms with van der Waals surface area (Å²) in [5.74, 6) is -0.128. The molecule has 1 aromatic carbocycles. The first-order valence-corrected chi connectivity index (χ1v) is 7.30. The normalized spacial score (nSPS) is 16.6. The standard InChI is InChI=1S/C16H25FN2O/c1-12(11-20-3)19(2)10-14-8-13(4-7-16(14)17)9-18-15-5-6-15/h4,7-8,12,15,18H,5-6,9-11H2,1-3H3. The quantitative estimate of drug-likeness (QED) is 0.792. The Hall–Kier alpha value is -0.970. The van der Waals surface area contributed by atoms with Crippen molar-refractivity contribution in [3.8, 4) is 0 Å². The molecule has 0 bridgehead atoms. The topological polar surface area (TPSA) is 24.5 Å². The number of rotatable bonds is 8. The lowest BCUT2D eigenvalue weighted by molar-refractivity contribution is 0.111. The smallest absolute Gasteiger partial charge is 0.127 e. The van der Waals surface area contributed by atoms with Crippen molar-refractivity contribution in [2.75, 3.05) is 20.8 Å². The molecule has 1 atom stereocenters. The Labute approximate surface area is 121 Å². The van der Waals surface area contributed by atoms with Gasteiger partial charge in [-0.2, -0.15) is 0 Å². The van der Waals surface area contributed by atoms with Crippen molar-refractivity contribution in [1.82, 2.24) is 10.2 Å². The Kier molecular flexibility index (Phi) is 5.52. The molecule has 4 heteroatoms. The average Bonchev–Trinajstić information content (AvgIpc) is 3.24. The van der Waals surface area contributed by atoms with Crippen molar-refractivity contribution in [2.45, 2.75) is 44.9 Å². The molecule has 0 spiro atoms. The summed E-state index contributed by atoms with van der Waals surface area (Å²) < 4.78 is 19.1. The summed E-state index contributed by atoms with van der Waals surface area (Å²) in [6, 6.07) is 6.36. The second-order valence-corrected chi connectivity index (χ2v) is 5.80. The Balaban J connectivity index is 1.95. The Bertz CT molecular complexity index is 434. The van der Waals surface area contributed by atoms with Gasteiger partial charge in [0.15, 0.2) is 0 Å². The van der Waals surface area contributed by atoms with Crippen LogP contribution in [0.3, 0.4) is 0 Å². The van der Waals surface area contributed by atoms with Crippen LogP contribution in [0.5, 0.6) is 0 Å². The van der Waals surface area contributed by atoms with E-state index in [2.05, 4.69) is 17.1 Å². The summed E-state index contributed by atoms with van der Waals surface area (Å²) in [5, 5.41) is 3.46. The molecule has 20 heavy (non-hydrogen) atoms. The first kappa shape index (κ1) is 15.4.